The van der Waals surface area contributed by atoms with Gasteiger partial charge in [0.05, 0.1) is 12.2 Å². The van der Waals surface area contributed by atoms with Gasteiger partial charge in [0.1, 0.15) is 11.7 Å². The van der Waals surface area contributed by atoms with Gasteiger partial charge in [0.2, 0.25) is 5.91 Å². The molecule has 1 fully saturated rings. The zero-order valence-electron chi connectivity index (χ0n) is 15.9. The third-order valence-electron chi connectivity index (χ3n) is 4.63. The number of rotatable bonds is 7. The molecule has 1 atom stereocenters. The van der Waals surface area contributed by atoms with E-state index in [1.54, 1.807) is 6.20 Å². The number of hydrogen-bond donors (Lipinski definition) is 2. The highest BCUT2D eigenvalue weighted by atomic mass is 32.1. The van der Waals surface area contributed by atoms with E-state index < -0.39 is 12.1 Å². The van der Waals surface area contributed by atoms with Crippen molar-refractivity contribution >= 4 is 34.3 Å². The Morgan fingerprint density at radius 2 is 1.90 bits per heavy atom. The van der Waals surface area contributed by atoms with Crippen LogP contribution in [0, 0.1) is 0 Å². The summed E-state index contributed by atoms with van der Waals surface area (Å²) in [5.74, 6) is -0.580. The minimum absolute atomic E-state index is 0.0916. The summed E-state index contributed by atoms with van der Waals surface area (Å²) >= 11 is 1.31. The first-order chi connectivity index (χ1) is 14.6. The number of nitrogens with one attached hydrogen (secondary N) is 2. The van der Waals surface area contributed by atoms with Crippen molar-refractivity contribution in [3.63, 3.8) is 0 Å². The Labute approximate surface area is 177 Å². The molecule has 9 heteroatoms. The number of pyridine rings is 1. The van der Waals surface area contributed by atoms with Crippen LogP contribution >= 0.6 is 11.3 Å². The first-order valence-corrected chi connectivity index (χ1v) is 10.3. The number of thiazole rings is 1. The van der Waals surface area contributed by atoms with E-state index in [1.165, 1.54) is 16.2 Å². The highest BCUT2D eigenvalue weighted by molar-refractivity contribution is 7.14. The average Bonchev–Trinajstić information content (AvgIpc) is 3.33. The lowest BCUT2D eigenvalue weighted by atomic mass is 10.1. The number of urea groups is 1. The second-order valence-electron chi connectivity index (χ2n) is 6.75. The number of anilines is 1. The van der Waals surface area contributed by atoms with Crippen molar-refractivity contribution in [3.05, 3.63) is 65.7 Å². The maximum atomic E-state index is 12.5. The highest BCUT2D eigenvalue weighted by Crippen LogP contribution is 2.23. The summed E-state index contributed by atoms with van der Waals surface area (Å²) in [5, 5.41) is 7.68. The van der Waals surface area contributed by atoms with Crippen LogP contribution in [0.25, 0.3) is 11.4 Å². The van der Waals surface area contributed by atoms with E-state index in [1.807, 2.05) is 53.9 Å². The highest BCUT2D eigenvalue weighted by Gasteiger charge is 2.37. The Hall–Kier alpha value is -3.59. The number of carbonyl (C=O) groups excluding carboxylic acids is 3. The van der Waals surface area contributed by atoms with E-state index in [9.17, 15) is 14.4 Å². The second-order valence-corrected chi connectivity index (χ2v) is 7.61. The van der Waals surface area contributed by atoms with Gasteiger partial charge in [-0.25, -0.2) is 9.78 Å². The Morgan fingerprint density at radius 3 is 2.67 bits per heavy atom. The number of nitrogens with zero attached hydrogens (tertiary/aromatic N) is 3. The van der Waals surface area contributed by atoms with Crippen LogP contribution in [-0.2, 0) is 16.1 Å². The van der Waals surface area contributed by atoms with Crippen LogP contribution in [0.5, 0.6) is 0 Å². The molecule has 0 spiro atoms. The molecule has 30 heavy (non-hydrogen) atoms. The summed E-state index contributed by atoms with van der Waals surface area (Å²) in [6.45, 7) is 0.212. The number of hydrogen-bond acceptors (Lipinski definition) is 6. The third kappa shape index (κ3) is 4.52. The van der Waals surface area contributed by atoms with Gasteiger partial charge in [0, 0.05) is 18.0 Å². The van der Waals surface area contributed by atoms with Crippen molar-refractivity contribution in [2.45, 2.75) is 25.4 Å². The van der Waals surface area contributed by atoms with E-state index in [-0.39, 0.29) is 31.2 Å². The first kappa shape index (κ1) is 19.7. The molecule has 8 nitrogen and oxygen atoms in total. The maximum absolute atomic E-state index is 12.5. The van der Waals surface area contributed by atoms with Gasteiger partial charge >= 0.3 is 6.03 Å². The predicted molar refractivity (Wildman–Crippen MR) is 113 cm³/mol. The SMILES string of the molecule is O=C(CC[C@@H]1NC(=O)N(Cc2ccccc2)C1=O)Nc1nc(-c2ccccn2)cs1. The standard InChI is InChI=1S/C21H19N5O3S/c27-18(25-20-23-17(13-30-20)15-8-4-5-11-22-15)10-9-16-19(28)26(21(29)24-16)12-14-6-2-1-3-7-14/h1-8,11,13,16H,9-10,12H2,(H,24,29)(H,23,25,27)/t16-/m0/s1. The summed E-state index contributed by atoms with van der Waals surface area (Å²) < 4.78 is 0. The summed E-state index contributed by atoms with van der Waals surface area (Å²) in [5.41, 5.74) is 2.28. The maximum Gasteiger partial charge on any atom is 0.325 e. The van der Waals surface area contributed by atoms with E-state index in [2.05, 4.69) is 20.6 Å². The molecule has 1 saturated heterocycles. The average molecular weight is 421 g/mol. The third-order valence-corrected chi connectivity index (χ3v) is 5.39. The van der Waals surface area contributed by atoms with Crippen molar-refractivity contribution in [2.75, 3.05) is 5.32 Å². The molecule has 3 aromatic rings. The number of aromatic nitrogens is 2. The van der Waals surface area contributed by atoms with Gasteiger partial charge < -0.3 is 10.6 Å². The molecule has 0 aliphatic carbocycles. The Morgan fingerprint density at radius 1 is 1.10 bits per heavy atom. The quantitative estimate of drug-likeness (QED) is 0.571. The van der Waals surface area contributed by atoms with Crippen LogP contribution in [0.2, 0.25) is 0 Å². The lowest BCUT2D eigenvalue weighted by Crippen LogP contribution is -2.31. The van der Waals surface area contributed by atoms with Crippen molar-refractivity contribution in [1.29, 1.82) is 0 Å². The largest absolute Gasteiger partial charge is 0.326 e. The number of amides is 4. The van der Waals surface area contributed by atoms with Gasteiger partial charge in [-0.3, -0.25) is 19.5 Å². The van der Waals surface area contributed by atoms with Gasteiger partial charge in [-0.1, -0.05) is 36.4 Å². The van der Waals surface area contributed by atoms with E-state index in [4.69, 9.17) is 0 Å². The van der Waals surface area contributed by atoms with E-state index in [0.29, 0.717) is 10.8 Å². The molecule has 1 aliphatic heterocycles. The predicted octanol–water partition coefficient (Wildman–Crippen LogP) is 3.04. The van der Waals surface area contributed by atoms with Gasteiger partial charge in [0.15, 0.2) is 5.13 Å². The molecule has 152 valence electrons. The fourth-order valence-corrected chi connectivity index (χ4v) is 3.83. The van der Waals surface area contributed by atoms with Crippen LogP contribution in [-0.4, -0.2) is 38.8 Å². The fourth-order valence-electron chi connectivity index (χ4n) is 3.11. The molecular weight excluding hydrogens is 402 g/mol. The van der Waals surface area contributed by atoms with Gasteiger partial charge in [0.25, 0.3) is 5.91 Å². The molecule has 0 bridgehead atoms. The molecule has 0 radical (unpaired) electrons. The number of imide groups is 1. The summed E-state index contributed by atoms with van der Waals surface area (Å²) in [7, 11) is 0. The summed E-state index contributed by atoms with van der Waals surface area (Å²) in [6, 6.07) is 13.7. The minimum Gasteiger partial charge on any atom is -0.326 e. The molecule has 1 aromatic carbocycles. The molecular formula is C21H19N5O3S. The Bertz CT molecular complexity index is 1050. The topological polar surface area (TPSA) is 104 Å². The summed E-state index contributed by atoms with van der Waals surface area (Å²) in [6.07, 6.45) is 2.00. The van der Waals surface area contributed by atoms with Crippen LogP contribution in [0.15, 0.2) is 60.1 Å². The fraction of sp³-hybridized carbons (Fsp3) is 0.190. The van der Waals surface area contributed by atoms with Gasteiger partial charge in [-0.2, -0.15) is 0 Å². The zero-order chi connectivity index (χ0) is 20.9. The van der Waals surface area contributed by atoms with Gasteiger partial charge in [-0.05, 0) is 24.1 Å². The monoisotopic (exact) mass is 421 g/mol. The van der Waals surface area contributed by atoms with Crippen molar-refractivity contribution in [2.24, 2.45) is 0 Å². The van der Waals surface area contributed by atoms with E-state index >= 15 is 0 Å². The Balaban J connectivity index is 1.29. The van der Waals surface area contributed by atoms with Gasteiger partial charge in [-0.15, -0.1) is 11.3 Å². The molecule has 2 N–H and O–H groups in total. The lowest BCUT2D eigenvalue weighted by Gasteiger charge is -2.13. The molecule has 0 saturated carbocycles. The molecule has 0 unspecified atom stereocenters. The Kier molecular flexibility index (Phi) is 5.80. The van der Waals surface area contributed by atoms with Crippen LogP contribution in [0.4, 0.5) is 9.93 Å². The molecule has 2 aromatic heterocycles. The number of benzene rings is 1. The van der Waals surface area contributed by atoms with Crippen LogP contribution in [0.1, 0.15) is 18.4 Å². The van der Waals surface area contributed by atoms with Crippen molar-refractivity contribution in [3.8, 4) is 11.4 Å². The van der Waals surface area contributed by atoms with Crippen molar-refractivity contribution < 1.29 is 14.4 Å². The smallest absolute Gasteiger partial charge is 0.325 e. The second kappa shape index (κ2) is 8.83. The zero-order valence-corrected chi connectivity index (χ0v) is 16.8. The van der Waals surface area contributed by atoms with E-state index in [0.717, 1.165) is 11.3 Å². The van der Waals surface area contributed by atoms with Crippen LogP contribution in [0.3, 0.4) is 0 Å². The molecule has 4 rings (SSSR count). The number of carbonyl (C=O) groups is 3. The molecule has 1 aliphatic rings. The minimum atomic E-state index is -0.702. The normalized spacial score (nSPS) is 15.9. The molecule has 3 heterocycles. The van der Waals surface area contributed by atoms with Crippen molar-refractivity contribution in [1.82, 2.24) is 20.2 Å². The first-order valence-electron chi connectivity index (χ1n) is 9.43. The molecule has 4 amide bonds. The summed E-state index contributed by atoms with van der Waals surface area (Å²) in [4.78, 5) is 46.8. The lowest BCUT2D eigenvalue weighted by molar-refractivity contribution is -0.128. The van der Waals surface area contributed by atoms with Crippen LogP contribution < -0.4 is 10.6 Å².